The van der Waals surface area contributed by atoms with Gasteiger partial charge in [-0.05, 0) is 49.8 Å². The van der Waals surface area contributed by atoms with Crippen LogP contribution in [0.3, 0.4) is 0 Å². The summed E-state index contributed by atoms with van der Waals surface area (Å²) in [5.41, 5.74) is 0.965. The van der Waals surface area contributed by atoms with Crippen LogP contribution in [0.4, 0.5) is 9.18 Å². The Morgan fingerprint density at radius 2 is 2.04 bits per heavy atom. The molecule has 4 rings (SSSR count). The van der Waals surface area contributed by atoms with E-state index in [1.807, 2.05) is 4.90 Å². The molecule has 1 aromatic carbocycles. The van der Waals surface area contributed by atoms with E-state index in [9.17, 15) is 9.18 Å². The molecule has 132 valence electrons. The average Bonchev–Trinajstić information content (AvgIpc) is 3.39. The number of carbonyl (C=O) groups is 1. The lowest BCUT2D eigenvalue weighted by Gasteiger charge is -2.36. The van der Waals surface area contributed by atoms with Crippen molar-refractivity contribution in [3.8, 4) is 0 Å². The fourth-order valence-electron chi connectivity index (χ4n) is 3.30. The van der Waals surface area contributed by atoms with Crippen LogP contribution in [-0.2, 0) is 6.54 Å². The van der Waals surface area contributed by atoms with Crippen LogP contribution in [0, 0.1) is 5.82 Å². The third kappa shape index (κ3) is 3.65. The number of piperidine rings is 1. The third-order valence-corrected chi connectivity index (χ3v) is 4.83. The monoisotopic (exact) mass is 344 g/mol. The lowest BCUT2D eigenvalue weighted by atomic mass is 9.95. The van der Waals surface area contributed by atoms with Crippen molar-refractivity contribution in [2.45, 2.75) is 50.6 Å². The van der Waals surface area contributed by atoms with Crippen molar-refractivity contribution in [2.24, 2.45) is 0 Å². The molecule has 1 aliphatic heterocycles. The molecule has 0 radical (unpaired) electrons. The number of urea groups is 1. The normalized spacial score (nSPS) is 20.5. The first-order valence-corrected chi connectivity index (χ1v) is 8.83. The second-order valence-electron chi connectivity index (χ2n) is 6.74. The van der Waals surface area contributed by atoms with E-state index >= 15 is 0 Å². The smallest absolute Gasteiger partial charge is 0.318 e. The Balaban J connectivity index is 1.40. The summed E-state index contributed by atoms with van der Waals surface area (Å²) < 4.78 is 18.4. The molecular formula is C18H21FN4O2. The Bertz CT molecular complexity index is 742. The van der Waals surface area contributed by atoms with Crippen molar-refractivity contribution in [1.82, 2.24) is 20.4 Å². The minimum absolute atomic E-state index is 0.0263. The quantitative estimate of drug-likeness (QED) is 0.921. The molecule has 6 nitrogen and oxygen atoms in total. The SMILES string of the molecule is O=C(NCc1noc(C2CC2)n1)N1CCCC[C@@H]1c1ccc(F)cc1. The number of nitrogens with zero attached hydrogens (tertiary/aromatic N) is 3. The van der Waals surface area contributed by atoms with Crippen LogP contribution >= 0.6 is 0 Å². The molecule has 2 fully saturated rings. The summed E-state index contributed by atoms with van der Waals surface area (Å²) in [6.45, 7) is 0.940. The number of likely N-dealkylation sites (tertiary alicyclic amines) is 1. The molecule has 1 atom stereocenters. The number of hydrogen-bond donors (Lipinski definition) is 1. The van der Waals surface area contributed by atoms with Gasteiger partial charge in [0.25, 0.3) is 0 Å². The van der Waals surface area contributed by atoms with Crippen molar-refractivity contribution < 1.29 is 13.7 Å². The Hall–Kier alpha value is -2.44. The first-order chi connectivity index (χ1) is 12.2. The van der Waals surface area contributed by atoms with E-state index in [0.29, 0.717) is 24.2 Å². The summed E-state index contributed by atoms with van der Waals surface area (Å²) in [6, 6.07) is 6.23. The molecule has 2 aromatic rings. The highest BCUT2D eigenvalue weighted by atomic mass is 19.1. The molecule has 0 spiro atoms. The topological polar surface area (TPSA) is 71.3 Å². The number of rotatable bonds is 4. The van der Waals surface area contributed by atoms with Gasteiger partial charge in [0, 0.05) is 12.5 Å². The Labute approximate surface area is 145 Å². The molecule has 1 aromatic heterocycles. The number of halogens is 1. The zero-order valence-electron chi connectivity index (χ0n) is 13.9. The van der Waals surface area contributed by atoms with Gasteiger partial charge in [-0.15, -0.1) is 0 Å². The van der Waals surface area contributed by atoms with E-state index in [1.165, 1.54) is 12.1 Å². The van der Waals surface area contributed by atoms with Gasteiger partial charge in [-0.3, -0.25) is 0 Å². The van der Waals surface area contributed by atoms with Crippen molar-refractivity contribution in [2.75, 3.05) is 6.54 Å². The van der Waals surface area contributed by atoms with Gasteiger partial charge in [0.2, 0.25) is 5.89 Å². The fourth-order valence-corrected chi connectivity index (χ4v) is 3.30. The van der Waals surface area contributed by atoms with Crippen molar-refractivity contribution >= 4 is 6.03 Å². The number of amides is 2. The van der Waals surface area contributed by atoms with Crippen LogP contribution in [0.1, 0.15) is 61.3 Å². The standard InChI is InChI=1S/C18H21FN4O2/c19-14-8-6-12(7-9-14)15-3-1-2-10-23(15)18(24)20-11-16-21-17(25-22-16)13-4-5-13/h6-9,13,15H,1-5,10-11H2,(H,20,24)/t15-/m1/s1. The molecule has 0 unspecified atom stereocenters. The number of hydrogen-bond acceptors (Lipinski definition) is 4. The molecule has 1 saturated heterocycles. The van der Waals surface area contributed by atoms with Crippen LogP contribution in [0.2, 0.25) is 0 Å². The van der Waals surface area contributed by atoms with Crippen molar-refractivity contribution in [3.05, 3.63) is 47.4 Å². The maximum atomic E-state index is 13.2. The van der Waals surface area contributed by atoms with Gasteiger partial charge in [-0.25, -0.2) is 9.18 Å². The summed E-state index contributed by atoms with van der Waals surface area (Å²) in [5, 5.41) is 6.80. The number of carbonyl (C=O) groups excluding carboxylic acids is 1. The van der Waals surface area contributed by atoms with Gasteiger partial charge in [0.15, 0.2) is 5.82 Å². The third-order valence-electron chi connectivity index (χ3n) is 4.83. The highest BCUT2D eigenvalue weighted by Gasteiger charge is 2.30. The van der Waals surface area contributed by atoms with Gasteiger partial charge in [-0.1, -0.05) is 17.3 Å². The highest BCUT2D eigenvalue weighted by molar-refractivity contribution is 5.74. The molecule has 1 saturated carbocycles. The first kappa shape index (κ1) is 16.1. The summed E-state index contributed by atoms with van der Waals surface area (Å²) in [7, 11) is 0. The van der Waals surface area contributed by atoms with Gasteiger partial charge in [0.05, 0.1) is 12.6 Å². The second-order valence-corrected chi connectivity index (χ2v) is 6.74. The summed E-state index contributed by atoms with van der Waals surface area (Å²) in [5.74, 6) is 1.32. The summed E-state index contributed by atoms with van der Waals surface area (Å²) >= 11 is 0. The van der Waals surface area contributed by atoms with Crippen LogP contribution in [0.5, 0.6) is 0 Å². The van der Waals surface area contributed by atoms with E-state index in [1.54, 1.807) is 12.1 Å². The van der Waals surface area contributed by atoms with Crippen LogP contribution in [-0.4, -0.2) is 27.6 Å². The predicted molar refractivity (Wildman–Crippen MR) is 88.2 cm³/mol. The van der Waals surface area contributed by atoms with Crippen molar-refractivity contribution in [3.63, 3.8) is 0 Å². The lowest BCUT2D eigenvalue weighted by molar-refractivity contribution is 0.151. The van der Waals surface area contributed by atoms with E-state index in [0.717, 1.165) is 37.7 Å². The maximum Gasteiger partial charge on any atom is 0.318 e. The van der Waals surface area contributed by atoms with Crippen LogP contribution in [0.25, 0.3) is 0 Å². The molecule has 1 aliphatic carbocycles. The molecule has 2 amide bonds. The lowest BCUT2D eigenvalue weighted by Crippen LogP contribution is -2.44. The summed E-state index contributed by atoms with van der Waals surface area (Å²) in [6.07, 6.45) is 5.11. The van der Waals surface area contributed by atoms with E-state index in [-0.39, 0.29) is 24.4 Å². The number of aromatic nitrogens is 2. The second kappa shape index (κ2) is 6.82. The average molecular weight is 344 g/mol. The van der Waals surface area contributed by atoms with Crippen molar-refractivity contribution in [1.29, 1.82) is 0 Å². The van der Waals surface area contributed by atoms with Gasteiger partial charge in [0.1, 0.15) is 5.82 Å². The minimum Gasteiger partial charge on any atom is -0.339 e. The van der Waals surface area contributed by atoms with Crippen LogP contribution < -0.4 is 5.32 Å². The number of benzene rings is 1. The fraction of sp³-hybridized carbons (Fsp3) is 0.500. The largest absolute Gasteiger partial charge is 0.339 e. The molecule has 2 aliphatic rings. The van der Waals surface area contributed by atoms with E-state index in [4.69, 9.17) is 4.52 Å². The molecule has 0 bridgehead atoms. The number of nitrogens with one attached hydrogen (secondary N) is 1. The molecule has 25 heavy (non-hydrogen) atoms. The summed E-state index contributed by atoms with van der Waals surface area (Å²) in [4.78, 5) is 18.8. The van der Waals surface area contributed by atoms with E-state index in [2.05, 4.69) is 15.5 Å². The first-order valence-electron chi connectivity index (χ1n) is 8.83. The van der Waals surface area contributed by atoms with Crippen LogP contribution in [0.15, 0.2) is 28.8 Å². The molecular weight excluding hydrogens is 323 g/mol. The molecule has 1 N–H and O–H groups in total. The van der Waals surface area contributed by atoms with Gasteiger partial charge >= 0.3 is 6.03 Å². The minimum atomic E-state index is -0.265. The van der Waals surface area contributed by atoms with Gasteiger partial charge in [-0.2, -0.15) is 4.98 Å². The predicted octanol–water partition coefficient (Wildman–Crippen LogP) is 3.52. The Kier molecular flexibility index (Phi) is 4.38. The maximum absolute atomic E-state index is 13.2. The zero-order chi connectivity index (χ0) is 17.2. The molecule has 2 heterocycles. The molecule has 7 heteroatoms. The Morgan fingerprint density at radius 3 is 2.80 bits per heavy atom. The van der Waals surface area contributed by atoms with E-state index < -0.39 is 0 Å². The Morgan fingerprint density at radius 1 is 1.24 bits per heavy atom. The van der Waals surface area contributed by atoms with Gasteiger partial charge < -0.3 is 14.7 Å². The highest BCUT2D eigenvalue weighted by Crippen LogP contribution is 2.38. The zero-order valence-corrected chi connectivity index (χ0v) is 13.9.